The Morgan fingerprint density at radius 1 is 1.33 bits per heavy atom. The van der Waals surface area contributed by atoms with Crippen molar-refractivity contribution >= 4 is 5.97 Å². The molecule has 0 spiro atoms. The average molecular weight is 252 g/mol. The summed E-state index contributed by atoms with van der Waals surface area (Å²) in [6.07, 6.45) is 2.04. The van der Waals surface area contributed by atoms with Gasteiger partial charge < -0.3 is 4.74 Å². The highest BCUT2D eigenvalue weighted by molar-refractivity contribution is 5.77. The van der Waals surface area contributed by atoms with Crippen molar-refractivity contribution in [3.05, 3.63) is 48.0 Å². The van der Waals surface area contributed by atoms with Gasteiger partial charge >= 0.3 is 5.97 Å². The van der Waals surface area contributed by atoms with Gasteiger partial charge in [-0.2, -0.15) is 0 Å². The van der Waals surface area contributed by atoms with Crippen molar-refractivity contribution < 1.29 is 18.3 Å². The molecule has 96 valence electrons. The average Bonchev–Trinajstić information content (AvgIpc) is 2.66. The zero-order valence-corrected chi connectivity index (χ0v) is 9.98. The predicted molar refractivity (Wildman–Crippen MR) is 63.4 cm³/mol. The van der Waals surface area contributed by atoms with Crippen LogP contribution in [0.2, 0.25) is 0 Å². The van der Waals surface area contributed by atoms with Crippen LogP contribution in [0.15, 0.2) is 42.5 Å². The molecule has 0 aliphatic heterocycles. The molecule has 4 heteroatoms. The molecule has 2 rings (SSSR count). The van der Waals surface area contributed by atoms with Crippen LogP contribution >= 0.6 is 0 Å². The van der Waals surface area contributed by atoms with Gasteiger partial charge in [-0.25, -0.2) is 8.78 Å². The number of rotatable bonds is 3. The lowest BCUT2D eigenvalue weighted by molar-refractivity contribution is -0.148. The van der Waals surface area contributed by atoms with E-state index in [9.17, 15) is 13.6 Å². The normalized spacial score (nSPS) is 25.1. The third kappa shape index (κ3) is 2.28. The van der Waals surface area contributed by atoms with Crippen LogP contribution < -0.4 is 0 Å². The number of carbonyl (C=O) groups excluding carboxylic acids is 1. The summed E-state index contributed by atoms with van der Waals surface area (Å²) >= 11 is 0. The van der Waals surface area contributed by atoms with Gasteiger partial charge in [-0.15, -0.1) is 0 Å². The number of carbonyl (C=O) groups is 1. The Morgan fingerprint density at radius 2 is 2.00 bits per heavy atom. The molecule has 1 aliphatic carbocycles. The van der Waals surface area contributed by atoms with E-state index < -0.39 is 23.7 Å². The number of alkyl halides is 2. The first-order valence-corrected chi connectivity index (χ1v) is 5.85. The van der Waals surface area contributed by atoms with E-state index >= 15 is 0 Å². The van der Waals surface area contributed by atoms with Crippen LogP contribution in [-0.4, -0.2) is 18.5 Å². The van der Waals surface area contributed by atoms with Gasteiger partial charge in [-0.1, -0.05) is 36.4 Å². The van der Waals surface area contributed by atoms with Gasteiger partial charge in [0.1, 0.15) is 0 Å². The molecule has 0 radical (unpaired) electrons. The summed E-state index contributed by atoms with van der Waals surface area (Å²) in [5, 5.41) is 0. The first-order chi connectivity index (χ1) is 8.56. The molecule has 0 heterocycles. The van der Waals surface area contributed by atoms with Crippen LogP contribution in [0.25, 0.3) is 0 Å². The summed E-state index contributed by atoms with van der Waals surface area (Å²) in [7, 11) is 0. The minimum absolute atomic E-state index is 0.191. The Labute approximate surface area is 104 Å². The second kappa shape index (κ2) is 4.88. The van der Waals surface area contributed by atoms with Crippen LogP contribution in [0, 0.1) is 5.92 Å². The first-order valence-electron chi connectivity index (χ1n) is 5.85. The number of ether oxygens (including phenoxy) is 1. The van der Waals surface area contributed by atoms with E-state index in [1.807, 2.05) is 0 Å². The second-order valence-corrected chi connectivity index (χ2v) is 4.20. The molecular weight excluding hydrogens is 238 g/mol. The van der Waals surface area contributed by atoms with Gasteiger partial charge in [0.25, 0.3) is 5.92 Å². The van der Waals surface area contributed by atoms with Crippen molar-refractivity contribution in [1.82, 2.24) is 0 Å². The molecule has 2 atom stereocenters. The summed E-state index contributed by atoms with van der Waals surface area (Å²) < 4.78 is 32.5. The highest BCUT2D eigenvalue weighted by atomic mass is 19.3. The largest absolute Gasteiger partial charge is 0.466 e. The van der Waals surface area contributed by atoms with E-state index in [1.54, 1.807) is 37.3 Å². The van der Waals surface area contributed by atoms with E-state index in [1.165, 1.54) is 6.08 Å². The number of esters is 1. The molecule has 0 unspecified atom stereocenters. The van der Waals surface area contributed by atoms with Gasteiger partial charge in [0.15, 0.2) is 0 Å². The van der Waals surface area contributed by atoms with Crippen molar-refractivity contribution in [3.63, 3.8) is 0 Å². The summed E-state index contributed by atoms with van der Waals surface area (Å²) in [6.45, 7) is 1.85. The van der Waals surface area contributed by atoms with Gasteiger partial charge in [0, 0.05) is 0 Å². The van der Waals surface area contributed by atoms with Crippen LogP contribution in [0.1, 0.15) is 18.4 Å². The molecule has 0 saturated heterocycles. The number of halogens is 2. The molecule has 0 saturated carbocycles. The van der Waals surface area contributed by atoms with Gasteiger partial charge in [-0.05, 0) is 18.6 Å². The molecule has 18 heavy (non-hydrogen) atoms. The van der Waals surface area contributed by atoms with E-state index in [2.05, 4.69) is 0 Å². The molecule has 1 aromatic carbocycles. The first kappa shape index (κ1) is 12.7. The number of hydrogen-bond acceptors (Lipinski definition) is 2. The molecule has 0 aromatic heterocycles. The summed E-state index contributed by atoms with van der Waals surface area (Å²) in [4.78, 5) is 11.7. The minimum Gasteiger partial charge on any atom is -0.466 e. The Balaban J connectivity index is 2.32. The fourth-order valence-electron chi connectivity index (χ4n) is 2.23. The summed E-state index contributed by atoms with van der Waals surface area (Å²) in [5.74, 6) is -5.70. The molecule has 1 aromatic rings. The second-order valence-electron chi connectivity index (χ2n) is 4.20. The van der Waals surface area contributed by atoms with E-state index in [4.69, 9.17) is 4.74 Å². The Morgan fingerprint density at radius 3 is 2.61 bits per heavy atom. The zero-order valence-electron chi connectivity index (χ0n) is 9.98. The molecule has 0 fully saturated rings. The summed E-state index contributed by atoms with van der Waals surface area (Å²) in [6, 6.07) is 8.34. The maximum atomic E-state index is 13.9. The van der Waals surface area contributed by atoms with Crippen molar-refractivity contribution in [2.24, 2.45) is 5.92 Å². The lowest BCUT2D eigenvalue weighted by Gasteiger charge is -2.24. The van der Waals surface area contributed by atoms with Crippen LogP contribution in [-0.2, 0) is 9.53 Å². The van der Waals surface area contributed by atoms with E-state index in [0.29, 0.717) is 5.56 Å². The highest BCUT2D eigenvalue weighted by Crippen LogP contribution is 2.46. The van der Waals surface area contributed by atoms with Crippen molar-refractivity contribution in [1.29, 1.82) is 0 Å². The van der Waals surface area contributed by atoms with Crippen molar-refractivity contribution in [3.8, 4) is 0 Å². The molecular formula is C14H14F2O2. The van der Waals surface area contributed by atoms with Crippen LogP contribution in [0.3, 0.4) is 0 Å². The lowest BCUT2D eigenvalue weighted by atomic mass is 9.86. The monoisotopic (exact) mass is 252 g/mol. The topological polar surface area (TPSA) is 26.3 Å². The number of benzene rings is 1. The van der Waals surface area contributed by atoms with Gasteiger partial charge in [0.2, 0.25) is 0 Å². The standard InChI is InChI=1S/C14H14F2O2/c1-2-18-13(17)11-8-9-14(15,16)12(11)10-6-4-3-5-7-10/h3-9,11-12H,2H2,1H3/t11-,12+/m1/s1. The fourth-order valence-corrected chi connectivity index (χ4v) is 2.23. The minimum atomic E-state index is -3.02. The summed E-state index contributed by atoms with van der Waals surface area (Å²) in [5.41, 5.74) is 0.450. The van der Waals surface area contributed by atoms with Crippen LogP contribution in [0.4, 0.5) is 8.78 Å². The maximum Gasteiger partial charge on any atom is 0.313 e. The zero-order chi connectivity index (χ0) is 13.2. The Bertz CT molecular complexity index is 454. The highest BCUT2D eigenvalue weighted by Gasteiger charge is 2.50. The molecule has 2 nitrogen and oxygen atoms in total. The Hall–Kier alpha value is -1.71. The third-order valence-electron chi connectivity index (χ3n) is 3.02. The number of allylic oxidation sites excluding steroid dienone is 1. The molecule has 0 amide bonds. The van der Waals surface area contributed by atoms with Crippen molar-refractivity contribution in [2.75, 3.05) is 6.61 Å². The fraction of sp³-hybridized carbons (Fsp3) is 0.357. The van der Waals surface area contributed by atoms with E-state index in [0.717, 1.165) is 6.08 Å². The maximum absolute atomic E-state index is 13.9. The SMILES string of the molecule is CCOC(=O)[C@@H]1C=CC(F)(F)[C@H]1c1ccccc1. The smallest absolute Gasteiger partial charge is 0.313 e. The predicted octanol–water partition coefficient (Wildman–Crippen LogP) is 3.15. The quantitative estimate of drug-likeness (QED) is 0.610. The number of hydrogen-bond donors (Lipinski definition) is 0. The third-order valence-corrected chi connectivity index (χ3v) is 3.02. The van der Waals surface area contributed by atoms with Crippen molar-refractivity contribution in [2.45, 2.75) is 18.8 Å². The lowest BCUT2D eigenvalue weighted by Crippen LogP contribution is -2.29. The molecule has 1 aliphatic rings. The van der Waals surface area contributed by atoms with Crippen LogP contribution in [0.5, 0.6) is 0 Å². The van der Waals surface area contributed by atoms with Gasteiger partial charge in [-0.3, -0.25) is 4.79 Å². The Kier molecular flexibility index (Phi) is 3.45. The van der Waals surface area contributed by atoms with Gasteiger partial charge in [0.05, 0.1) is 18.4 Å². The van der Waals surface area contributed by atoms with E-state index in [-0.39, 0.29) is 6.61 Å². The molecule has 0 N–H and O–H groups in total. The molecule has 0 bridgehead atoms.